The molecule has 98 valence electrons. The summed E-state index contributed by atoms with van der Waals surface area (Å²) in [7, 11) is -2.47. The Morgan fingerprint density at radius 1 is 1.00 bits per heavy atom. The van der Waals surface area contributed by atoms with Gasteiger partial charge < -0.3 is 8.68 Å². The molecule has 0 atom stereocenters. The van der Waals surface area contributed by atoms with Gasteiger partial charge >= 0.3 is 0 Å². The molecule has 0 aliphatic rings. The molecule has 16 heavy (non-hydrogen) atoms. The first kappa shape index (κ1) is 16.4. The zero-order chi connectivity index (χ0) is 12.6. The second-order valence-electron chi connectivity index (χ2n) is 5.31. The summed E-state index contributed by atoms with van der Waals surface area (Å²) in [4.78, 5) is 0. The fraction of sp³-hybridized carbons (Fsp3) is 1.00. The number of hydrogen-bond donors (Lipinski definition) is 0. The Hall–Kier alpha value is 0.354. The van der Waals surface area contributed by atoms with Gasteiger partial charge in [0, 0.05) is 0 Å². The van der Waals surface area contributed by atoms with E-state index in [1.807, 2.05) is 0 Å². The molecule has 0 heterocycles. The highest BCUT2D eigenvalue weighted by atomic mass is 28.4. The summed E-state index contributed by atoms with van der Waals surface area (Å²) >= 11 is 0. The van der Waals surface area contributed by atoms with Gasteiger partial charge in [0.05, 0.1) is 0 Å². The summed E-state index contributed by atoms with van der Waals surface area (Å²) in [5, 5.41) is 0. The fourth-order valence-electron chi connectivity index (χ4n) is 2.00. The highest BCUT2D eigenvalue weighted by molar-refractivity contribution is 6.75. The van der Waals surface area contributed by atoms with E-state index in [-0.39, 0.29) is 0 Å². The largest absolute Gasteiger partial charge is 0.447 e. The molecule has 0 aromatic carbocycles. The predicted octanol–water partition coefficient (Wildman–Crippen LogP) is 3.59. The zero-order valence-corrected chi connectivity index (χ0v) is 14.3. The molecule has 0 aliphatic carbocycles. The van der Waals surface area contributed by atoms with Crippen LogP contribution in [0.5, 0.6) is 0 Å². The number of nitrogens with zero attached hydrogens (tertiary/aromatic N) is 1. The van der Waals surface area contributed by atoms with Crippen molar-refractivity contribution in [3.63, 3.8) is 0 Å². The van der Waals surface area contributed by atoms with Gasteiger partial charge in [0.1, 0.15) is 0 Å². The summed E-state index contributed by atoms with van der Waals surface area (Å²) in [6.07, 6.45) is 5.19. The predicted molar refractivity (Wildman–Crippen MR) is 78.8 cm³/mol. The maximum absolute atomic E-state index is 6.30. The van der Waals surface area contributed by atoms with Crippen LogP contribution in [-0.4, -0.2) is 35.2 Å². The topological polar surface area (TPSA) is 12.5 Å². The molecule has 0 radical (unpaired) electrons. The van der Waals surface area contributed by atoms with Crippen molar-refractivity contribution in [2.45, 2.75) is 65.7 Å². The molecule has 0 spiro atoms. The normalized spacial score (nSPS) is 12.8. The second-order valence-corrected chi connectivity index (χ2v) is 11.9. The van der Waals surface area contributed by atoms with Crippen molar-refractivity contribution < 1.29 is 4.12 Å². The van der Waals surface area contributed by atoms with Crippen LogP contribution in [0.3, 0.4) is 0 Å². The summed E-state index contributed by atoms with van der Waals surface area (Å²) in [6.45, 7) is 16.3. The molecular formula is C12H31NOSi2. The first-order valence-electron chi connectivity index (χ1n) is 6.86. The van der Waals surface area contributed by atoms with E-state index in [1.165, 1.54) is 38.8 Å². The summed E-state index contributed by atoms with van der Waals surface area (Å²) in [6, 6.07) is 0. The minimum Gasteiger partial charge on any atom is -0.447 e. The zero-order valence-electron chi connectivity index (χ0n) is 12.2. The van der Waals surface area contributed by atoms with Gasteiger partial charge in [-0.1, -0.05) is 26.7 Å². The van der Waals surface area contributed by atoms with Gasteiger partial charge in [0.2, 0.25) is 0 Å². The Bertz CT molecular complexity index is 166. The third-order valence-corrected chi connectivity index (χ3v) is 9.01. The van der Waals surface area contributed by atoms with E-state index in [0.29, 0.717) is 0 Å². The van der Waals surface area contributed by atoms with Crippen molar-refractivity contribution in [1.82, 2.24) is 4.57 Å². The molecule has 0 bridgehead atoms. The smallest absolute Gasteiger partial charge is 0.254 e. The third-order valence-electron chi connectivity index (χ3n) is 2.85. The molecule has 0 N–H and O–H groups in total. The van der Waals surface area contributed by atoms with Gasteiger partial charge in [-0.05, 0) is 52.1 Å². The molecule has 2 nitrogen and oxygen atoms in total. The number of rotatable bonds is 9. The average molecular weight is 262 g/mol. The Labute approximate surface area is 105 Å². The van der Waals surface area contributed by atoms with E-state index in [4.69, 9.17) is 4.12 Å². The second kappa shape index (κ2) is 8.45. The van der Waals surface area contributed by atoms with E-state index in [9.17, 15) is 0 Å². The molecule has 0 amide bonds. The quantitative estimate of drug-likeness (QED) is 0.588. The van der Waals surface area contributed by atoms with Crippen molar-refractivity contribution >= 4 is 17.5 Å². The molecule has 0 fully saturated rings. The lowest BCUT2D eigenvalue weighted by Crippen LogP contribution is -2.54. The lowest BCUT2D eigenvalue weighted by atomic mass is 10.3. The molecule has 0 unspecified atom stereocenters. The Kier molecular flexibility index (Phi) is 8.63. The minimum atomic E-state index is -1.58. The fourth-order valence-corrected chi connectivity index (χ4v) is 8.60. The minimum absolute atomic E-state index is 0.899. The van der Waals surface area contributed by atoms with Crippen LogP contribution in [-0.2, 0) is 4.12 Å². The van der Waals surface area contributed by atoms with Gasteiger partial charge in [-0.25, -0.2) is 0 Å². The van der Waals surface area contributed by atoms with Crippen LogP contribution in [0.4, 0.5) is 0 Å². The third kappa shape index (κ3) is 6.83. The van der Waals surface area contributed by atoms with E-state index >= 15 is 0 Å². The molecule has 4 heteroatoms. The number of hydrogen-bond acceptors (Lipinski definition) is 2. The number of unbranched alkanes of at least 4 members (excludes halogenated alkanes) is 2. The molecule has 0 saturated heterocycles. The Balaban J connectivity index is 4.32. The molecule has 0 rings (SSSR count). The Morgan fingerprint density at radius 3 is 1.75 bits per heavy atom. The van der Waals surface area contributed by atoms with Gasteiger partial charge in [0.25, 0.3) is 8.48 Å². The van der Waals surface area contributed by atoms with Gasteiger partial charge in [-0.3, -0.25) is 0 Å². The molecule has 0 aliphatic heterocycles. The van der Waals surface area contributed by atoms with Crippen LogP contribution in [0.25, 0.3) is 0 Å². The molecular weight excluding hydrogens is 230 g/mol. The molecule has 0 saturated carbocycles. The van der Waals surface area contributed by atoms with Crippen molar-refractivity contribution in [3.05, 3.63) is 0 Å². The highest BCUT2D eigenvalue weighted by Gasteiger charge is 2.31. The van der Waals surface area contributed by atoms with Crippen molar-refractivity contribution in [2.75, 3.05) is 13.1 Å². The molecule has 0 aromatic heterocycles. The lowest BCUT2D eigenvalue weighted by Gasteiger charge is -2.38. The monoisotopic (exact) mass is 261 g/mol. The first-order chi connectivity index (χ1) is 7.44. The van der Waals surface area contributed by atoms with Crippen LogP contribution in [0.1, 0.15) is 39.5 Å². The summed E-state index contributed by atoms with van der Waals surface area (Å²) < 4.78 is 8.96. The Morgan fingerprint density at radius 2 is 1.44 bits per heavy atom. The van der Waals surface area contributed by atoms with E-state index < -0.39 is 17.5 Å². The van der Waals surface area contributed by atoms with Crippen molar-refractivity contribution in [3.8, 4) is 0 Å². The van der Waals surface area contributed by atoms with E-state index in [1.54, 1.807) is 0 Å². The first-order valence-corrected chi connectivity index (χ1v) is 12.5. The maximum Gasteiger partial charge on any atom is 0.254 e. The van der Waals surface area contributed by atoms with Gasteiger partial charge in [-0.2, -0.15) is 0 Å². The van der Waals surface area contributed by atoms with Gasteiger partial charge in [-0.15, -0.1) is 0 Å². The average Bonchev–Trinajstić information content (AvgIpc) is 2.15. The SMILES string of the molecule is CCCCN(CCCC)[Si](C)(C)O[SiH](C)C. The van der Waals surface area contributed by atoms with Crippen LogP contribution < -0.4 is 0 Å². The summed E-state index contributed by atoms with van der Waals surface area (Å²) in [5.74, 6) is 0. The lowest BCUT2D eigenvalue weighted by molar-refractivity contribution is 0.341. The van der Waals surface area contributed by atoms with Crippen LogP contribution in [0, 0.1) is 0 Å². The molecule has 0 aromatic rings. The maximum atomic E-state index is 6.30. The van der Waals surface area contributed by atoms with Gasteiger partial charge in [0.15, 0.2) is 9.04 Å². The van der Waals surface area contributed by atoms with E-state index in [2.05, 4.69) is 44.6 Å². The van der Waals surface area contributed by atoms with Crippen LogP contribution >= 0.6 is 0 Å². The highest BCUT2D eigenvalue weighted by Crippen LogP contribution is 2.15. The van der Waals surface area contributed by atoms with Crippen molar-refractivity contribution in [2.24, 2.45) is 0 Å². The van der Waals surface area contributed by atoms with Crippen LogP contribution in [0.15, 0.2) is 0 Å². The van der Waals surface area contributed by atoms with Crippen LogP contribution in [0.2, 0.25) is 26.2 Å². The van der Waals surface area contributed by atoms with E-state index in [0.717, 1.165) is 0 Å². The standard InChI is InChI=1S/C12H31NOSi2/c1-7-9-11-13(12-10-8-2)16(5,6)14-15(3)4/h15H,7-12H2,1-6H3. The summed E-state index contributed by atoms with van der Waals surface area (Å²) in [5.41, 5.74) is 0. The van der Waals surface area contributed by atoms with Crippen molar-refractivity contribution in [1.29, 1.82) is 0 Å².